The number of aromatic nitrogens is 2. The van der Waals surface area contributed by atoms with Gasteiger partial charge in [0.25, 0.3) is 0 Å². The maximum atomic E-state index is 12.8. The molecular weight excluding hydrogens is 398 g/mol. The van der Waals surface area contributed by atoms with Crippen molar-refractivity contribution in [1.82, 2.24) is 14.9 Å². The number of sulfone groups is 1. The molecule has 1 unspecified atom stereocenters. The highest BCUT2D eigenvalue weighted by atomic mass is 32.2. The molecule has 1 N–H and O–H groups in total. The number of esters is 2. The maximum absolute atomic E-state index is 12.8. The Morgan fingerprint density at radius 3 is 2.34 bits per heavy atom. The lowest BCUT2D eigenvalue weighted by atomic mass is 9.83. The fourth-order valence-electron chi connectivity index (χ4n) is 3.26. The third kappa shape index (κ3) is 4.42. The van der Waals surface area contributed by atoms with Gasteiger partial charge in [0.05, 0.1) is 41.8 Å². The van der Waals surface area contributed by atoms with E-state index in [2.05, 4.69) is 16.9 Å². The van der Waals surface area contributed by atoms with E-state index in [1.54, 1.807) is 13.8 Å². The van der Waals surface area contributed by atoms with Crippen LogP contribution in [0.5, 0.6) is 0 Å². The molecule has 0 aromatic carbocycles. The van der Waals surface area contributed by atoms with E-state index in [1.807, 2.05) is 6.92 Å². The van der Waals surface area contributed by atoms with Crippen LogP contribution >= 0.6 is 0 Å². The number of allylic oxidation sites excluding steroid dienone is 2. The van der Waals surface area contributed by atoms with E-state index < -0.39 is 27.7 Å². The second kappa shape index (κ2) is 8.64. The number of rotatable bonds is 7. The number of ether oxygens (including phenoxy) is 2. The number of imidazole rings is 1. The quantitative estimate of drug-likeness (QED) is 0.520. The van der Waals surface area contributed by atoms with Gasteiger partial charge in [-0.1, -0.05) is 13.5 Å². The van der Waals surface area contributed by atoms with Crippen molar-refractivity contribution in [2.45, 2.75) is 38.3 Å². The van der Waals surface area contributed by atoms with Gasteiger partial charge in [-0.2, -0.15) is 0 Å². The summed E-state index contributed by atoms with van der Waals surface area (Å²) in [6.07, 6.45) is 3.99. The number of hydrogen-bond donors (Lipinski definition) is 1. The Balaban J connectivity index is 2.73. The van der Waals surface area contributed by atoms with Crippen molar-refractivity contribution < 1.29 is 27.5 Å². The van der Waals surface area contributed by atoms with Crippen LogP contribution in [-0.4, -0.2) is 42.8 Å². The minimum absolute atomic E-state index is 0.141. The molecule has 0 radical (unpaired) electrons. The fourth-order valence-corrected chi connectivity index (χ4v) is 4.11. The van der Waals surface area contributed by atoms with Gasteiger partial charge in [-0.15, -0.1) is 0 Å². The van der Waals surface area contributed by atoms with Crippen LogP contribution in [0.25, 0.3) is 0 Å². The van der Waals surface area contributed by atoms with Crippen LogP contribution in [0, 0.1) is 0 Å². The Morgan fingerprint density at radius 2 is 1.86 bits per heavy atom. The lowest BCUT2D eigenvalue weighted by Crippen LogP contribution is -2.33. The predicted molar refractivity (Wildman–Crippen MR) is 105 cm³/mol. The second-order valence-corrected chi connectivity index (χ2v) is 8.55. The van der Waals surface area contributed by atoms with Gasteiger partial charge < -0.3 is 19.4 Å². The van der Waals surface area contributed by atoms with Crippen LogP contribution in [0.15, 0.2) is 46.7 Å². The van der Waals surface area contributed by atoms with Gasteiger partial charge in [0.15, 0.2) is 0 Å². The Kier molecular flexibility index (Phi) is 6.68. The molecule has 2 rings (SSSR count). The summed E-state index contributed by atoms with van der Waals surface area (Å²) < 4.78 is 35.7. The maximum Gasteiger partial charge on any atom is 0.341 e. The van der Waals surface area contributed by atoms with E-state index >= 15 is 0 Å². The Hall–Kier alpha value is -2.88. The molecule has 0 spiro atoms. The fraction of sp³-hybridized carbons (Fsp3) is 0.421. The van der Waals surface area contributed by atoms with Crippen LogP contribution in [0.3, 0.4) is 0 Å². The second-order valence-electron chi connectivity index (χ2n) is 6.64. The number of nitrogens with zero attached hydrogens (tertiary/aromatic N) is 2. The molecule has 0 saturated heterocycles. The van der Waals surface area contributed by atoms with E-state index in [1.165, 1.54) is 17.8 Å². The van der Waals surface area contributed by atoms with Crippen molar-refractivity contribution in [3.63, 3.8) is 0 Å². The molecule has 0 amide bonds. The van der Waals surface area contributed by atoms with Gasteiger partial charge in [0.1, 0.15) is 0 Å². The third-order valence-corrected chi connectivity index (χ3v) is 5.48. The average molecular weight is 423 g/mol. The Labute approximate surface area is 170 Å². The number of hydrogen-bond acceptors (Lipinski definition) is 8. The van der Waals surface area contributed by atoms with E-state index in [-0.39, 0.29) is 22.9 Å². The molecule has 29 heavy (non-hydrogen) atoms. The van der Waals surface area contributed by atoms with E-state index in [0.29, 0.717) is 23.5 Å². The molecule has 2 heterocycles. The largest absolute Gasteiger partial charge is 0.462 e. The molecule has 10 heteroatoms. The summed E-state index contributed by atoms with van der Waals surface area (Å²) in [5.74, 6) is -2.26. The number of carbonyl (C=O) groups is 2. The molecule has 1 aromatic heterocycles. The zero-order valence-corrected chi connectivity index (χ0v) is 17.9. The molecule has 9 nitrogen and oxygen atoms in total. The van der Waals surface area contributed by atoms with Gasteiger partial charge in [-0.25, -0.2) is 23.0 Å². The smallest absolute Gasteiger partial charge is 0.341 e. The summed E-state index contributed by atoms with van der Waals surface area (Å²) in [5, 5.41) is 2.83. The van der Waals surface area contributed by atoms with Crippen molar-refractivity contribution in [1.29, 1.82) is 0 Å². The van der Waals surface area contributed by atoms with Crippen molar-refractivity contribution >= 4 is 21.8 Å². The lowest BCUT2D eigenvalue weighted by Gasteiger charge is -2.30. The highest BCUT2D eigenvalue weighted by molar-refractivity contribution is 7.90. The van der Waals surface area contributed by atoms with Gasteiger partial charge in [-0.05, 0) is 20.3 Å². The van der Waals surface area contributed by atoms with Gasteiger partial charge in [-0.3, -0.25) is 0 Å². The standard InChI is InChI=1S/C19H25N3O6S/c1-7-9-28-18(24)15-12(4)21-11(3)14(17(23)27-8-2)16(15)13-10-20-19(22(13)5)29(6,25)26/h8,10,16,21H,2,7,9H2,1,3-6H3. The van der Waals surface area contributed by atoms with Crippen LogP contribution in [0.4, 0.5) is 0 Å². The zero-order valence-electron chi connectivity index (χ0n) is 17.1. The molecule has 0 aliphatic carbocycles. The van der Waals surface area contributed by atoms with Gasteiger partial charge >= 0.3 is 11.9 Å². The van der Waals surface area contributed by atoms with Crippen molar-refractivity contribution in [3.8, 4) is 0 Å². The molecular formula is C19H25N3O6S. The van der Waals surface area contributed by atoms with Crippen molar-refractivity contribution in [3.05, 3.63) is 47.3 Å². The number of dihydropyridines is 1. The summed E-state index contributed by atoms with van der Waals surface area (Å²) in [6.45, 7) is 8.81. The summed E-state index contributed by atoms with van der Waals surface area (Å²) in [6, 6.07) is 0. The van der Waals surface area contributed by atoms with E-state index in [4.69, 9.17) is 9.47 Å². The normalized spacial score (nSPS) is 17.1. The number of nitrogens with one attached hydrogen (secondary N) is 1. The summed E-state index contributed by atoms with van der Waals surface area (Å²) in [7, 11) is -2.11. The first-order valence-corrected chi connectivity index (χ1v) is 10.8. The van der Waals surface area contributed by atoms with E-state index in [9.17, 15) is 18.0 Å². The van der Waals surface area contributed by atoms with E-state index in [0.717, 1.165) is 12.5 Å². The molecule has 1 aliphatic rings. The first-order valence-electron chi connectivity index (χ1n) is 8.93. The third-order valence-electron chi connectivity index (χ3n) is 4.44. The first-order chi connectivity index (χ1) is 13.5. The topological polar surface area (TPSA) is 117 Å². The SMILES string of the molecule is C=COC(=O)C1=C(C)NC(C)=C(C(=O)OCCC)C1c1cnc(S(C)(=O)=O)n1C. The molecule has 1 aromatic rings. The zero-order chi connectivity index (χ0) is 21.9. The van der Waals surface area contributed by atoms with Gasteiger partial charge in [0, 0.05) is 24.7 Å². The van der Waals surface area contributed by atoms with Crippen LogP contribution in [0.1, 0.15) is 38.8 Å². The minimum Gasteiger partial charge on any atom is -0.462 e. The highest BCUT2D eigenvalue weighted by Crippen LogP contribution is 2.39. The minimum atomic E-state index is -3.62. The molecule has 1 aliphatic heterocycles. The molecule has 0 saturated carbocycles. The average Bonchev–Trinajstić information content (AvgIpc) is 3.00. The van der Waals surface area contributed by atoms with Crippen LogP contribution in [0.2, 0.25) is 0 Å². The molecule has 1 atom stereocenters. The molecule has 158 valence electrons. The monoisotopic (exact) mass is 423 g/mol. The predicted octanol–water partition coefficient (Wildman–Crippen LogP) is 1.70. The Morgan fingerprint density at radius 1 is 1.28 bits per heavy atom. The Bertz CT molecular complexity index is 1020. The summed E-state index contributed by atoms with van der Waals surface area (Å²) in [5.41, 5.74) is 1.62. The summed E-state index contributed by atoms with van der Waals surface area (Å²) >= 11 is 0. The van der Waals surface area contributed by atoms with Crippen LogP contribution in [-0.2, 0) is 35.9 Å². The lowest BCUT2D eigenvalue weighted by molar-refractivity contribution is -0.139. The number of carbonyl (C=O) groups excluding carboxylic acids is 2. The van der Waals surface area contributed by atoms with Crippen molar-refractivity contribution in [2.75, 3.05) is 12.9 Å². The van der Waals surface area contributed by atoms with Crippen molar-refractivity contribution in [2.24, 2.45) is 7.05 Å². The summed E-state index contributed by atoms with van der Waals surface area (Å²) in [4.78, 5) is 29.5. The van der Waals surface area contributed by atoms with Gasteiger partial charge in [0.2, 0.25) is 15.0 Å². The molecule has 0 fully saturated rings. The van der Waals surface area contributed by atoms with Crippen LogP contribution < -0.4 is 5.32 Å². The first kappa shape index (κ1) is 22.4. The molecule has 0 bridgehead atoms. The highest BCUT2D eigenvalue weighted by Gasteiger charge is 2.40.